The van der Waals surface area contributed by atoms with Crippen LogP contribution in [-0.2, 0) is 9.53 Å². The Hall–Kier alpha value is -2.04. The summed E-state index contributed by atoms with van der Waals surface area (Å²) in [4.78, 5) is 24.2. The van der Waals surface area contributed by atoms with E-state index in [0.717, 1.165) is 42.7 Å². The number of nitrogens with one attached hydrogen (secondary N) is 2. The van der Waals surface area contributed by atoms with E-state index in [0.29, 0.717) is 5.69 Å². The fraction of sp³-hybridized carbons (Fsp3) is 0.579. The molecule has 128 valence electrons. The van der Waals surface area contributed by atoms with Crippen LogP contribution in [0.2, 0.25) is 0 Å². The van der Waals surface area contributed by atoms with Crippen LogP contribution in [0.3, 0.4) is 0 Å². The second-order valence-electron chi connectivity index (χ2n) is 7.85. The van der Waals surface area contributed by atoms with E-state index >= 15 is 0 Å². The Labute approximate surface area is 142 Å². The molecule has 0 atom stereocenters. The zero-order valence-electron chi connectivity index (χ0n) is 14.0. The van der Waals surface area contributed by atoms with Gasteiger partial charge in [0, 0.05) is 11.4 Å². The Bertz CT molecular complexity index is 618. The Morgan fingerprint density at radius 3 is 1.83 bits per heavy atom. The van der Waals surface area contributed by atoms with Gasteiger partial charge in [-0.3, -0.25) is 10.1 Å². The number of hydrogen-bond donors (Lipinski definition) is 2. The van der Waals surface area contributed by atoms with Gasteiger partial charge in [0.2, 0.25) is 5.91 Å². The maximum Gasteiger partial charge on any atom is 0.411 e. The van der Waals surface area contributed by atoms with E-state index in [9.17, 15) is 9.59 Å². The van der Waals surface area contributed by atoms with Gasteiger partial charge >= 0.3 is 6.09 Å². The van der Waals surface area contributed by atoms with Gasteiger partial charge in [-0.15, -0.1) is 0 Å². The summed E-state index contributed by atoms with van der Waals surface area (Å²) >= 11 is 0. The molecule has 0 aliphatic heterocycles. The van der Waals surface area contributed by atoms with Gasteiger partial charge in [0.25, 0.3) is 0 Å². The fourth-order valence-electron chi connectivity index (χ4n) is 5.46. The van der Waals surface area contributed by atoms with Gasteiger partial charge in [-0.05, 0) is 80.5 Å². The summed E-state index contributed by atoms with van der Waals surface area (Å²) in [6.45, 7) is 0. The first kappa shape index (κ1) is 15.5. The van der Waals surface area contributed by atoms with Crippen LogP contribution in [0.4, 0.5) is 16.2 Å². The number of carbonyl (C=O) groups is 2. The second-order valence-corrected chi connectivity index (χ2v) is 7.85. The molecule has 0 spiro atoms. The van der Waals surface area contributed by atoms with E-state index in [4.69, 9.17) is 0 Å². The summed E-state index contributed by atoms with van der Waals surface area (Å²) in [5, 5.41) is 5.72. The van der Waals surface area contributed by atoms with Crippen molar-refractivity contribution >= 4 is 23.4 Å². The summed E-state index contributed by atoms with van der Waals surface area (Å²) in [5.74, 6) is 2.46. The van der Waals surface area contributed by atoms with Gasteiger partial charge < -0.3 is 10.1 Å². The monoisotopic (exact) mass is 328 g/mol. The SMILES string of the molecule is COC(=O)Nc1ccc(NC(=O)C23CC4CC(CC(C4)C2)C3)cc1. The third-order valence-corrected chi connectivity index (χ3v) is 6.09. The topological polar surface area (TPSA) is 67.4 Å². The van der Waals surface area contributed by atoms with Gasteiger partial charge in [-0.1, -0.05) is 0 Å². The fourth-order valence-corrected chi connectivity index (χ4v) is 5.46. The molecule has 1 aromatic carbocycles. The highest BCUT2D eigenvalue weighted by molar-refractivity contribution is 5.96. The van der Waals surface area contributed by atoms with Gasteiger partial charge in [0.15, 0.2) is 0 Å². The predicted octanol–water partition coefficient (Wildman–Crippen LogP) is 4.02. The van der Waals surface area contributed by atoms with Crippen LogP contribution in [-0.4, -0.2) is 19.1 Å². The van der Waals surface area contributed by atoms with Crippen LogP contribution in [0, 0.1) is 23.2 Å². The third-order valence-electron chi connectivity index (χ3n) is 6.09. The summed E-state index contributed by atoms with van der Waals surface area (Å²) in [5.41, 5.74) is 1.29. The molecule has 1 aromatic rings. The zero-order chi connectivity index (χ0) is 16.7. The van der Waals surface area contributed by atoms with Crippen molar-refractivity contribution in [2.75, 3.05) is 17.7 Å². The van der Waals surface area contributed by atoms with Crippen LogP contribution in [0.25, 0.3) is 0 Å². The first-order chi connectivity index (χ1) is 11.6. The first-order valence-electron chi connectivity index (χ1n) is 8.83. The number of rotatable bonds is 3. The van der Waals surface area contributed by atoms with Gasteiger partial charge in [0.05, 0.1) is 12.5 Å². The average Bonchev–Trinajstić information content (AvgIpc) is 2.55. The van der Waals surface area contributed by atoms with Crippen molar-refractivity contribution in [3.8, 4) is 0 Å². The van der Waals surface area contributed by atoms with Crippen molar-refractivity contribution in [2.24, 2.45) is 23.2 Å². The van der Waals surface area contributed by atoms with Gasteiger partial charge in [0.1, 0.15) is 0 Å². The molecule has 4 aliphatic carbocycles. The molecule has 4 saturated carbocycles. The Morgan fingerprint density at radius 2 is 1.38 bits per heavy atom. The van der Waals surface area contributed by atoms with Crippen molar-refractivity contribution in [1.29, 1.82) is 0 Å². The first-order valence-corrected chi connectivity index (χ1v) is 8.83. The lowest BCUT2D eigenvalue weighted by molar-refractivity contribution is -0.140. The molecular weight excluding hydrogens is 304 g/mol. The lowest BCUT2D eigenvalue weighted by atomic mass is 9.49. The minimum absolute atomic E-state index is 0.141. The maximum absolute atomic E-state index is 13.0. The van der Waals surface area contributed by atoms with Crippen molar-refractivity contribution in [2.45, 2.75) is 38.5 Å². The van der Waals surface area contributed by atoms with Gasteiger partial charge in [-0.25, -0.2) is 4.79 Å². The summed E-state index contributed by atoms with van der Waals surface area (Å²) in [6, 6.07) is 7.19. The molecule has 2 N–H and O–H groups in total. The highest BCUT2D eigenvalue weighted by Crippen LogP contribution is 2.60. The molecule has 0 heterocycles. The van der Waals surface area contributed by atoms with Crippen LogP contribution < -0.4 is 10.6 Å². The number of methoxy groups -OCH3 is 1. The number of anilines is 2. The lowest BCUT2D eigenvalue weighted by Gasteiger charge is -2.55. The van der Waals surface area contributed by atoms with Crippen molar-refractivity contribution in [3.05, 3.63) is 24.3 Å². The number of benzene rings is 1. The van der Waals surface area contributed by atoms with Crippen molar-refractivity contribution in [1.82, 2.24) is 0 Å². The smallest absolute Gasteiger partial charge is 0.411 e. The Kier molecular flexibility index (Phi) is 3.74. The molecular formula is C19H24N2O3. The maximum atomic E-state index is 13.0. The van der Waals surface area contributed by atoms with Crippen LogP contribution >= 0.6 is 0 Å². The lowest BCUT2D eigenvalue weighted by Crippen LogP contribution is -2.51. The average molecular weight is 328 g/mol. The number of ether oxygens (including phenoxy) is 1. The second kappa shape index (κ2) is 5.80. The van der Waals surface area contributed by atoms with E-state index in [1.54, 1.807) is 12.1 Å². The number of carbonyl (C=O) groups excluding carboxylic acids is 2. The molecule has 4 fully saturated rings. The quantitative estimate of drug-likeness (QED) is 0.880. The molecule has 4 aliphatic rings. The number of amides is 2. The van der Waals surface area contributed by atoms with Crippen LogP contribution in [0.1, 0.15) is 38.5 Å². The minimum Gasteiger partial charge on any atom is -0.453 e. The molecule has 4 bridgehead atoms. The summed E-state index contributed by atoms with van der Waals surface area (Å²) < 4.78 is 4.57. The summed E-state index contributed by atoms with van der Waals surface area (Å²) in [6.07, 6.45) is 6.69. The summed E-state index contributed by atoms with van der Waals surface area (Å²) in [7, 11) is 1.33. The standard InChI is InChI=1S/C19H24N2O3/c1-24-18(23)21-16-4-2-15(3-5-16)20-17(22)19-9-12-6-13(10-19)8-14(7-12)11-19/h2-5,12-14H,6-11H2,1H3,(H,20,22)(H,21,23). The van der Waals surface area contributed by atoms with E-state index in [2.05, 4.69) is 15.4 Å². The molecule has 0 radical (unpaired) electrons. The number of hydrogen-bond acceptors (Lipinski definition) is 3. The molecule has 24 heavy (non-hydrogen) atoms. The molecule has 0 saturated heterocycles. The minimum atomic E-state index is -0.500. The normalized spacial score (nSPS) is 33.1. The molecule has 0 aromatic heterocycles. The molecule has 0 unspecified atom stereocenters. The van der Waals surface area contributed by atoms with E-state index in [1.807, 2.05) is 12.1 Å². The highest BCUT2D eigenvalue weighted by atomic mass is 16.5. The van der Waals surface area contributed by atoms with Crippen molar-refractivity contribution < 1.29 is 14.3 Å². The third kappa shape index (κ3) is 2.76. The molecule has 5 rings (SSSR count). The van der Waals surface area contributed by atoms with Crippen LogP contribution in [0.5, 0.6) is 0 Å². The largest absolute Gasteiger partial charge is 0.453 e. The molecule has 5 nitrogen and oxygen atoms in total. The van der Waals surface area contributed by atoms with Gasteiger partial charge in [-0.2, -0.15) is 0 Å². The predicted molar refractivity (Wildman–Crippen MR) is 91.7 cm³/mol. The molecule has 2 amide bonds. The van der Waals surface area contributed by atoms with E-state index < -0.39 is 6.09 Å². The zero-order valence-corrected chi connectivity index (χ0v) is 14.0. The Balaban J connectivity index is 1.44. The highest BCUT2D eigenvalue weighted by Gasteiger charge is 2.54. The Morgan fingerprint density at radius 1 is 0.917 bits per heavy atom. The van der Waals surface area contributed by atoms with E-state index in [1.165, 1.54) is 26.4 Å². The molecule has 5 heteroatoms. The van der Waals surface area contributed by atoms with Crippen molar-refractivity contribution in [3.63, 3.8) is 0 Å². The van der Waals surface area contributed by atoms with Crippen LogP contribution in [0.15, 0.2) is 24.3 Å². The van der Waals surface area contributed by atoms with E-state index in [-0.39, 0.29) is 11.3 Å².